The van der Waals surface area contributed by atoms with E-state index in [0.29, 0.717) is 25.5 Å². The fourth-order valence-electron chi connectivity index (χ4n) is 1.33. The summed E-state index contributed by atoms with van der Waals surface area (Å²) in [6.45, 7) is 3.50. The molecule has 90 valence electrons. The monoisotopic (exact) mass is 227 g/mol. The van der Waals surface area contributed by atoms with Gasteiger partial charge in [0.1, 0.15) is 11.9 Å². The highest BCUT2D eigenvalue weighted by Gasteiger charge is 2.15. The van der Waals surface area contributed by atoms with Crippen molar-refractivity contribution in [2.75, 3.05) is 20.3 Å². The standard InChI is InChI=1S/C10H17N3O3/c1-8(10(14)15)13-5-3-12-9(13)7-11-4-6-16-2/h3,5,8,11H,4,6-7H2,1-2H3,(H,14,15). The Bertz CT molecular complexity index is 338. The average Bonchev–Trinajstić information content (AvgIpc) is 2.71. The summed E-state index contributed by atoms with van der Waals surface area (Å²) in [6.07, 6.45) is 3.28. The zero-order chi connectivity index (χ0) is 12.0. The predicted molar refractivity (Wildman–Crippen MR) is 58.2 cm³/mol. The molecule has 1 heterocycles. The van der Waals surface area contributed by atoms with E-state index < -0.39 is 12.0 Å². The lowest BCUT2D eigenvalue weighted by atomic mass is 10.3. The molecule has 1 unspecified atom stereocenters. The van der Waals surface area contributed by atoms with Gasteiger partial charge in [-0.05, 0) is 6.92 Å². The highest BCUT2D eigenvalue weighted by molar-refractivity contribution is 5.71. The van der Waals surface area contributed by atoms with Crippen molar-refractivity contribution in [3.8, 4) is 0 Å². The van der Waals surface area contributed by atoms with Crippen LogP contribution >= 0.6 is 0 Å². The first-order valence-corrected chi connectivity index (χ1v) is 5.11. The number of nitrogens with one attached hydrogen (secondary N) is 1. The Morgan fingerprint density at radius 3 is 3.12 bits per heavy atom. The zero-order valence-corrected chi connectivity index (χ0v) is 9.51. The first-order chi connectivity index (χ1) is 7.66. The summed E-state index contributed by atoms with van der Waals surface area (Å²) in [5.41, 5.74) is 0. The van der Waals surface area contributed by atoms with Crippen LogP contribution in [0.2, 0.25) is 0 Å². The predicted octanol–water partition coefficient (Wildman–Crippen LogP) is 0.265. The molecule has 0 saturated carbocycles. The van der Waals surface area contributed by atoms with Crippen molar-refractivity contribution in [2.45, 2.75) is 19.5 Å². The van der Waals surface area contributed by atoms with E-state index in [-0.39, 0.29) is 0 Å². The number of nitrogens with zero attached hydrogens (tertiary/aromatic N) is 2. The second-order valence-corrected chi connectivity index (χ2v) is 3.43. The molecule has 6 nitrogen and oxygen atoms in total. The summed E-state index contributed by atoms with van der Waals surface area (Å²) in [5.74, 6) is -0.151. The lowest BCUT2D eigenvalue weighted by molar-refractivity contribution is -0.140. The number of aromatic nitrogens is 2. The van der Waals surface area contributed by atoms with Crippen molar-refractivity contribution in [1.29, 1.82) is 0 Å². The number of methoxy groups -OCH3 is 1. The maximum atomic E-state index is 10.8. The number of imidazole rings is 1. The van der Waals surface area contributed by atoms with Crippen LogP contribution in [0.3, 0.4) is 0 Å². The highest BCUT2D eigenvalue weighted by atomic mass is 16.5. The summed E-state index contributed by atoms with van der Waals surface area (Å²) in [6, 6.07) is -0.596. The summed E-state index contributed by atoms with van der Waals surface area (Å²) in [4.78, 5) is 15.0. The molecule has 0 aliphatic heterocycles. The molecule has 1 atom stereocenters. The van der Waals surface area contributed by atoms with Crippen molar-refractivity contribution in [3.63, 3.8) is 0 Å². The fraction of sp³-hybridized carbons (Fsp3) is 0.600. The van der Waals surface area contributed by atoms with E-state index in [1.54, 1.807) is 31.0 Å². The molecule has 0 fully saturated rings. The number of ether oxygens (including phenoxy) is 1. The van der Waals surface area contributed by atoms with Crippen LogP contribution in [0.4, 0.5) is 0 Å². The number of carbonyl (C=O) groups is 1. The third kappa shape index (κ3) is 3.32. The molecule has 0 bridgehead atoms. The minimum atomic E-state index is -0.865. The van der Waals surface area contributed by atoms with Gasteiger partial charge in [-0.15, -0.1) is 0 Å². The lowest BCUT2D eigenvalue weighted by Gasteiger charge is -2.12. The second-order valence-electron chi connectivity index (χ2n) is 3.43. The molecule has 1 aromatic rings. The molecule has 0 spiro atoms. The maximum absolute atomic E-state index is 10.8. The summed E-state index contributed by atoms with van der Waals surface area (Å²) in [5, 5.41) is 12.0. The number of aliphatic carboxylic acids is 1. The van der Waals surface area contributed by atoms with E-state index in [0.717, 1.165) is 0 Å². The molecule has 0 saturated heterocycles. The quantitative estimate of drug-likeness (QED) is 0.654. The van der Waals surface area contributed by atoms with E-state index in [1.807, 2.05) is 0 Å². The van der Waals surface area contributed by atoms with Crippen LogP contribution in [0, 0.1) is 0 Å². The van der Waals surface area contributed by atoms with Crippen LogP contribution in [-0.2, 0) is 16.1 Å². The lowest BCUT2D eigenvalue weighted by Crippen LogP contribution is -2.24. The van der Waals surface area contributed by atoms with Crippen LogP contribution < -0.4 is 5.32 Å². The average molecular weight is 227 g/mol. The molecule has 16 heavy (non-hydrogen) atoms. The van der Waals surface area contributed by atoms with Gasteiger partial charge in [0.15, 0.2) is 0 Å². The van der Waals surface area contributed by atoms with Crippen LogP contribution in [0.5, 0.6) is 0 Å². The molecule has 1 rings (SSSR count). The third-order valence-electron chi connectivity index (χ3n) is 2.29. The number of hydrogen-bond donors (Lipinski definition) is 2. The van der Waals surface area contributed by atoms with E-state index in [4.69, 9.17) is 9.84 Å². The molecule has 0 aliphatic carbocycles. The maximum Gasteiger partial charge on any atom is 0.326 e. The molecule has 0 radical (unpaired) electrons. The Hall–Kier alpha value is -1.40. The Morgan fingerprint density at radius 1 is 1.75 bits per heavy atom. The largest absolute Gasteiger partial charge is 0.480 e. The van der Waals surface area contributed by atoms with Crippen LogP contribution in [-0.4, -0.2) is 40.9 Å². The number of rotatable bonds is 7. The van der Waals surface area contributed by atoms with Gasteiger partial charge in [0.05, 0.1) is 13.2 Å². The van der Waals surface area contributed by atoms with Crippen molar-refractivity contribution >= 4 is 5.97 Å². The van der Waals surface area contributed by atoms with E-state index in [2.05, 4.69) is 10.3 Å². The first kappa shape index (κ1) is 12.7. The molecule has 6 heteroatoms. The van der Waals surface area contributed by atoms with Crippen molar-refractivity contribution in [3.05, 3.63) is 18.2 Å². The van der Waals surface area contributed by atoms with Gasteiger partial charge < -0.3 is 19.7 Å². The molecule has 1 aromatic heterocycles. The van der Waals surface area contributed by atoms with E-state index in [1.165, 1.54) is 0 Å². The number of carboxylic acid groups (broad SMARTS) is 1. The van der Waals surface area contributed by atoms with Crippen molar-refractivity contribution in [2.24, 2.45) is 0 Å². The SMILES string of the molecule is COCCNCc1nccn1C(C)C(=O)O. The molecular formula is C10H17N3O3. The number of hydrogen-bond acceptors (Lipinski definition) is 4. The van der Waals surface area contributed by atoms with Gasteiger partial charge in [0.25, 0.3) is 0 Å². The van der Waals surface area contributed by atoms with Gasteiger partial charge >= 0.3 is 5.97 Å². The Balaban J connectivity index is 2.53. The Labute approximate surface area is 94.2 Å². The first-order valence-electron chi connectivity index (χ1n) is 5.11. The van der Waals surface area contributed by atoms with Gasteiger partial charge in [-0.1, -0.05) is 0 Å². The molecule has 0 aromatic carbocycles. The second kappa shape index (κ2) is 6.24. The Kier molecular flexibility index (Phi) is 4.94. The topological polar surface area (TPSA) is 76.4 Å². The summed E-state index contributed by atoms with van der Waals surface area (Å²) in [7, 11) is 1.63. The molecule has 0 amide bonds. The van der Waals surface area contributed by atoms with Gasteiger partial charge in [0.2, 0.25) is 0 Å². The normalized spacial score (nSPS) is 12.6. The summed E-state index contributed by atoms with van der Waals surface area (Å²) >= 11 is 0. The number of carboxylic acids is 1. The van der Waals surface area contributed by atoms with Crippen LogP contribution in [0.1, 0.15) is 18.8 Å². The van der Waals surface area contributed by atoms with Crippen LogP contribution in [0.25, 0.3) is 0 Å². The molecule has 0 aliphatic rings. The Morgan fingerprint density at radius 2 is 2.50 bits per heavy atom. The van der Waals surface area contributed by atoms with Gasteiger partial charge in [0, 0.05) is 26.0 Å². The fourth-order valence-corrected chi connectivity index (χ4v) is 1.33. The third-order valence-corrected chi connectivity index (χ3v) is 2.29. The smallest absolute Gasteiger partial charge is 0.326 e. The summed E-state index contributed by atoms with van der Waals surface area (Å²) < 4.78 is 6.53. The minimum absolute atomic E-state index is 0.536. The van der Waals surface area contributed by atoms with E-state index >= 15 is 0 Å². The van der Waals surface area contributed by atoms with Gasteiger partial charge in [-0.2, -0.15) is 0 Å². The molecule has 2 N–H and O–H groups in total. The van der Waals surface area contributed by atoms with Crippen molar-refractivity contribution in [1.82, 2.24) is 14.9 Å². The van der Waals surface area contributed by atoms with Crippen molar-refractivity contribution < 1.29 is 14.6 Å². The zero-order valence-electron chi connectivity index (χ0n) is 9.51. The van der Waals surface area contributed by atoms with Gasteiger partial charge in [-0.25, -0.2) is 9.78 Å². The molecular weight excluding hydrogens is 210 g/mol. The van der Waals surface area contributed by atoms with Gasteiger partial charge in [-0.3, -0.25) is 0 Å². The van der Waals surface area contributed by atoms with Crippen LogP contribution in [0.15, 0.2) is 12.4 Å². The van der Waals surface area contributed by atoms with E-state index in [9.17, 15) is 4.79 Å². The minimum Gasteiger partial charge on any atom is -0.480 e. The highest BCUT2D eigenvalue weighted by Crippen LogP contribution is 2.08.